The van der Waals surface area contributed by atoms with Gasteiger partial charge in [0.25, 0.3) is 0 Å². The predicted octanol–water partition coefficient (Wildman–Crippen LogP) is 3.25. The van der Waals surface area contributed by atoms with Gasteiger partial charge >= 0.3 is 0 Å². The molecule has 0 atom stereocenters. The number of para-hydroxylation sites is 2. The summed E-state index contributed by atoms with van der Waals surface area (Å²) >= 11 is 0. The van der Waals surface area contributed by atoms with Crippen LogP contribution in [0.5, 0.6) is 11.5 Å². The Hall–Kier alpha value is -1.42. The number of hydrogen-bond acceptors (Lipinski definition) is 8. The quantitative estimate of drug-likeness (QED) is 0.302. The third-order valence-electron chi connectivity index (χ3n) is 3.19. The number of hydrogen-bond donors (Lipinski definition) is 2. The zero-order valence-electron chi connectivity index (χ0n) is 19.1. The molecule has 0 aliphatic rings. The van der Waals surface area contributed by atoms with E-state index in [9.17, 15) is 0 Å². The summed E-state index contributed by atoms with van der Waals surface area (Å²) in [6.45, 7) is 16.3. The van der Waals surface area contributed by atoms with E-state index in [1.54, 1.807) is 12.1 Å². The molecule has 1 aromatic carbocycles. The van der Waals surface area contributed by atoms with E-state index in [4.69, 9.17) is 38.6 Å². The molecule has 0 saturated carbocycles. The summed E-state index contributed by atoms with van der Waals surface area (Å²) in [6, 6.07) is 6.15. The van der Waals surface area contributed by atoms with Crippen molar-refractivity contribution in [3.8, 4) is 11.5 Å². The van der Waals surface area contributed by atoms with Crippen molar-refractivity contribution in [1.29, 1.82) is 0 Å². The van der Waals surface area contributed by atoms with Gasteiger partial charge in [-0.15, -0.1) is 0 Å². The normalized spacial score (nSPS) is 10.0. The summed E-state index contributed by atoms with van der Waals surface area (Å²) in [4.78, 5) is 0. The SMILES string of the molecule is CCOCCOCCOCC.CCOCCOCCOCC.Oc1ccccc1O. The molecule has 0 radical (unpaired) electrons. The van der Waals surface area contributed by atoms with Crippen LogP contribution >= 0.6 is 0 Å². The maximum absolute atomic E-state index is 8.67. The van der Waals surface area contributed by atoms with Crippen molar-refractivity contribution >= 4 is 0 Å². The molecule has 0 bridgehead atoms. The molecular formula is C22H42O8. The molecule has 0 fully saturated rings. The fraction of sp³-hybridized carbons (Fsp3) is 0.727. The first-order valence-corrected chi connectivity index (χ1v) is 10.6. The van der Waals surface area contributed by atoms with Crippen LogP contribution in [-0.2, 0) is 28.4 Å². The molecule has 0 saturated heterocycles. The zero-order valence-corrected chi connectivity index (χ0v) is 19.1. The summed E-state index contributed by atoms with van der Waals surface area (Å²) in [6.07, 6.45) is 0. The molecule has 178 valence electrons. The number of ether oxygens (including phenoxy) is 6. The molecule has 0 aliphatic heterocycles. The molecule has 1 rings (SSSR count). The molecule has 8 nitrogen and oxygen atoms in total. The molecule has 0 spiro atoms. The van der Waals surface area contributed by atoms with Crippen molar-refractivity contribution < 1.29 is 38.6 Å². The number of rotatable bonds is 16. The van der Waals surface area contributed by atoms with Gasteiger partial charge in [0.15, 0.2) is 11.5 Å². The molecule has 2 N–H and O–H groups in total. The van der Waals surface area contributed by atoms with Gasteiger partial charge in [0.2, 0.25) is 0 Å². The lowest BCUT2D eigenvalue weighted by Gasteiger charge is -2.03. The summed E-state index contributed by atoms with van der Waals surface area (Å²) in [5.41, 5.74) is 0. The second-order valence-electron chi connectivity index (χ2n) is 5.50. The summed E-state index contributed by atoms with van der Waals surface area (Å²) in [5.74, 6) is -0.153. The maximum atomic E-state index is 8.67. The average Bonchev–Trinajstić information content (AvgIpc) is 2.76. The van der Waals surface area contributed by atoms with Crippen LogP contribution in [-0.4, -0.2) is 89.5 Å². The Morgan fingerprint density at radius 2 is 0.700 bits per heavy atom. The van der Waals surface area contributed by atoms with Gasteiger partial charge < -0.3 is 38.6 Å². The van der Waals surface area contributed by atoms with Crippen molar-refractivity contribution in [3.05, 3.63) is 24.3 Å². The van der Waals surface area contributed by atoms with Crippen molar-refractivity contribution in [3.63, 3.8) is 0 Å². The maximum Gasteiger partial charge on any atom is 0.157 e. The van der Waals surface area contributed by atoms with Crippen molar-refractivity contribution in [2.24, 2.45) is 0 Å². The average molecular weight is 435 g/mol. The van der Waals surface area contributed by atoms with E-state index in [1.807, 2.05) is 27.7 Å². The highest BCUT2D eigenvalue weighted by molar-refractivity contribution is 5.36. The van der Waals surface area contributed by atoms with Crippen LogP contribution in [0.15, 0.2) is 24.3 Å². The zero-order chi connectivity index (χ0) is 22.7. The summed E-state index contributed by atoms with van der Waals surface area (Å²) in [7, 11) is 0. The lowest BCUT2D eigenvalue weighted by atomic mass is 10.3. The van der Waals surface area contributed by atoms with Gasteiger partial charge in [-0.2, -0.15) is 0 Å². The van der Waals surface area contributed by atoms with Gasteiger partial charge in [0.05, 0.1) is 52.9 Å². The number of benzene rings is 1. The van der Waals surface area contributed by atoms with Crippen molar-refractivity contribution in [1.82, 2.24) is 0 Å². The van der Waals surface area contributed by atoms with Gasteiger partial charge in [-0.05, 0) is 39.8 Å². The van der Waals surface area contributed by atoms with Crippen molar-refractivity contribution in [2.75, 3.05) is 79.3 Å². The van der Waals surface area contributed by atoms with Crippen LogP contribution in [0.1, 0.15) is 27.7 Å². The Labute approximate surface area is 182 Å². The number of aromatic hydroxyl groups is 2. The van der Waals surface area contributed by atoms with Crippen LogP contribution in [0.25, 0.3) is 0 Å². The minimum atomic E-state index is -0.0764. The fourth-order valence-corrected chi connectivity index (χ4v) is 1.72. The molecule has 30 heavy (non-hydrogen) atoms. The van der Waals surface area contributed by atoms with Crippen LogP contribution in [0, 0.1) is 0 Å². The minimum Gasteiger partial charge on any atom is -0.504 e. The van der Waals surface area contributed by atoms with E-state index in [1.165, 1.54) is 12.1 Å². The third-order valence-corrected chi connectivity index (χ3v) is 3.19. The Morgan fingerprint density at radius 1 is 0.467 bits per heavy atom. The van der Waals surface area contributed by atoms with Crippen molar-refractivity contribution in [2.45, 2.75) is 27.7 Å². The Morgan fingerprint density at radius 3 is 0.900 bits per heavy atom. The van der Waals surface area contributed by atoms with E-state index in [2.05, 4.69) is 0 Å². The molecule has 8 heteroatoms. The highest BCUT2D eigenvalue weighted by atomic mass is 16.5. The second-order valence-corrected chi connectivity index (χ2v) is 5.50. The lowest BCUT2D eigenvalue weighted by Crippen LogP contribution is -2.08. The Bertz CT molecular complexity index is 376. The van der Waals surface area contributed by atoms with E-state index < -0.39 is 0 Å². The van der Waals surface area contributed by atoms with Crippen LogP contribution < -0.4 is 0 Å². The molecular weight excluding hydrogens is 392 g/mol. The highest BCUT2D eigenvalue weighted by Gasteiger charge is 1.90. The lowest BCUT2D eigenvalue weighted by molar-refractivity contribution is 0.0195. The molecule has 1 aromatic rings. The predicted molar refractivity (Wildman–Crippen MR) is 117 cm³/mol. The molecule has 0 heterocycles. The van der Waals surface area contributed by atoms with E-state index in [-0.39, 0.29) is 11.5 Å². The van der Waals surface area contributed by atoms with E-state index in [0.29, 0.717) is 52.9 Å². The third kappa shape index (κ3) is 26.6. The Balaban J connectivity index is 0. The Kier molecular flexibility index (Phi) is 28.3. The van der Waals surface area contributed by atoms with Crippen LogP contribution in [0.2, 0.25) is 0 Å². The van der Waals surface area contributed by atoms with Gasteiger partial charge in [-0.1, -0.05) is 12.1 Å². The van der Waals surface area contributed by atoms with E-state index in [0.717, 1.165) is 26.4 Å². The topological polar surface area (TPSA) is 95.8 Å². The van der Waals surface area contributed by atoms with Crippen LogP contribution in [0.3, 0.4) is 0 Å². The molecule has 0 aliphatic carbocycles. The van der Waals surface area contributed by atoms with Gasteiger partial charge in [-0.25, -0.2) is 0 Å². The number of phenols is 2. The van der Waals surface area contributed by atoms with Gasteiger partial charge in [-0.3, -0.25) is 0 Å². The highest BCUT2D eigenvalue weighted by Crippen LogP contribution is 2.21. The minimum absolute atomic E-state index is 0.0764. The molecule has 0 aromatic heterocycles. The summed E-state index contributed by atoms with van der Waals surface area (Å²) < 4.78 is 30.7. The monoisotopic (exact) mass is 434 g/mol. The number of phenolic OH excluding ortho intramolecular Hbond substituents is 2. The van der Waals surface area contributed by atoms with Gasteiger partial charge in [0, 0.05) is 26.4 Å². The van der Waals surface area contributed by atoms with Crippen LogP contribution in [0.4, 0.5) is 0 Å². The first kappa shape index (κ1) is 30.8. The molecule has 0 unspecified atom stereocenters. The standard InChI is InChI=1S/2C8H18O3.C6H6O2/c2*1-3-9-5-7-11-8-6-10-4-2;7-5-3-1-2-4-6(5)8/h2*3-8H2,1-2H3;1-4,7-8H. The summed E-state index contributed by atoms with van der Waals surface area (Å²) in [5, 5.41) is 17.3. The fourth-order valence-electron chi connectivity index (χ4n) is 1.72. The molecule has 0 amide bonds. The second kappa shape index (κ2) is 27.6. The first-order valence-electron chi connectivity index (χ1n) is 10.6. The largest absolute Gasteiger partial charge is 0.504 e. The first-order chi connectivity index (χ1) is 14.6. The smallest absolute Gasteiger partial charge is 0.157 e. The van der Waals surface area contributed by atoms with E-state index >= 15 is 0 Å². The van der Waals surface area contributed by atoms with Gasteiger partial charge in [0.1, 0.15) is 0 Å².